The number of fused-ring (bicyclic) bond motifs is 5. The molecule has 0 bridgehead atoms. The standard InChI is InChI=1S/C22H22BClO2S/c1-21(2,25)22(3,4)26-23-19-16(24)11-10-15-18-14-8-6-5-7-13(14)9-12-17(18)27-20(15)19/h5-12,23,25H,1-4H3. The van der Waals surface area contributed by atoms with Gasteiger partial charge in [-0.15, -0.1) is 11.3 Å². The summed E-state index contributed by atoms with van der Waals surface area (Å²) >= 11 is 8.30. The van der Waals surface area contributed by atoms with Gasteiger partial charge in [-0.3, -0.25) is 0 Å². The van der Waals surface area contributed by atoms with Crippen LogP contribution < -0.4 is 5.46 Å². The summed E-state index contributed by atoms with van der Waals surface area (Å²) in [5.41, 5.74) is -0.664. The molecule has 3 aromatic carbocycles. The van der Waals surface area contributed by atoms with Crippen LogP contribution in [0.5, 0.6) is 0 Å². The fraction of sp³-hybridized carbons (Fsp3) is 0.273. The van der Waals surface area contributed by atoms with Gasteiger partial charge in [0.15, 0.2) is 0 Å². The Hall–Kier alpha value is -1.59. The lowest BCUT2D eigenvalue weighted by Gasteiger charge is -2.37. The van der Waals surface area contributed by atoms with Crippen molar-refractivity contribution < 1.29 is 9.76 Å². The van der Waals surface area contributed by atoms with E-state index in [0.717, 1.165) is 10.2 Å². The maximum Gasteiger partial charge on any atom is 0.312 e. The zero-order valence-electron chi connectivity index (χ0n) is 16.0. The Morgan fingerprint density at radius 1 is 0.963 bits per heavy atom. The Bertz CT molecular complexity index is 1160. The molecule has 0 aliphatic heterocycles. The van der Waals surface area contributed by atoms with Gasteiger partial charge in [0.05, 0.1) is 11.2 Å². The van der Waals surface area contributed by atoms with Crippen molar-refractivity contribution in [3.8, 4) is 0 Å². The van der Waals surface area contributed by atoms with Crippen molar-refractivity contribution in [3.63, 3.8) is 0 Å². The van der Waals surface area contributed by atoms with Gasteiger partial charge in [0.25, 0.3) is 0 Å². The lowest BCUT2D eigenvalue weighted by atomic mass is 9.82. The fourth-order valence-electron chi connectivity index (χ4n) is 3.21. The molecule has 1 aromatic heterocycles. The van der Waals surface area contributed by atoms with Crippen molar-refractivity contribution in [2.75, 3.05) is 0 Å². The highest BCUT2D eigenvalue weighted by atomic mass is 35.5. The third kappa shape index (κ3) is 3.15. The summed E-state index contributed by atoms with van der Waals surface area (Å²) in [5, 5.41) is 16.1. The average Bonchev–Trinajstić information content (AvgIpc) is 2.99. The van der Waals surface area contributed by atoms with Crippen molar-refractivity contribution in [2.45, 2.75) is 38.9 Å². The Morgan fingerprint density at radius 3 is 2.44 bits per heavy atom. The predicted octanol–water partition coefficient (Wildman–Crippen LogP) is 5.40. The van der Waals surface area contributed by atoms with Gasteiger partial charge in [-0.25, -0.2) is 0 Å². The van der Waals surface area contributed by atoms with E-state index in [1.807, 2.05) is 19.9 Å². The SMILES string of the molecule is CC(C)(O)C(C)(C)OBc1c(Cl)ccc2c1sc1ccc3ccccc3c12. The number of hydrogen-bond acceptors (Lipinski definition) is 3. The van der Waals surface area contributed by atoms with Gasteiger partial charge in [0, 0.05) is 25.2 Å². The van der Waals surface area contributed by atoms with Crippen LogP contribution in [0.25, 0.3) is 30.9 Å². The van der Waals surface area contributed by atoms with Gasteiger partial charge in [0.2, 0.25) is 0 Å². The first kappa shape index (κ1) is 18.8. The van der Waals surface area contributed by atoms with Crippen molar-refractivity contribution in [3.05, 3.63) is 53.6 Å². The summed E-state index contributed by atoms with van der Waals surface area (Å²) in [6, 6.07) is 16.9. The Morgan fingerprint density at radius 2 is 1.70 bits per heavy atom. The van der Waals surface area contributed by atoms with E-state index < -0.39 is 11.2 Å². The second-order valence-electron chi connectivity index (χ2n) is 8.02. The highest BCUT2D eigenvalue weighted by Crippen LogP contribution is 2.38. The molecule has 0 amide bonds. The molecule has 0 aliphatic rings. The molecule has 1 heterocycles. The molecule has 0 saturated carbocycles. The lowest BCUT2D eigenvalue weighted by molar-refractivity contribution is -0.0893. The second kappa shape index (κ2) is 6.49. The third-order valence-corrected chi connectivity index (χ3v) is 7.21. The van der Waals surface area contributed by atoms with E-state index in [2.05, 4.69) is 42.5 Å². The van der Waals surface area contributed by atoms with E-state index in [1.54, 1.807) is 25.2 Å². The van der Waals surface area contributed by atoms with Gasteiger partial charge in [-0.1, -0.05) is 48.0 Å². The summed E-state index contributed by atoms with van der Waals surface area (Å²) in [4.78, 5) is 0. The third-order valence-electron chi connectivity index (χ3n) is 5.63. The van der Waals surface area contributed by atoms with Gasteiger partial charge in [-0.05, 0) is 56.1 Å². The Kier molecular flexibility index (Phi) is 4.51. The topological polar surface area (TPSA) is 29.5 Å². The zero-order chi connectivity index (χ0) is 19.4. The first-order valence-electron chi connectivity index (χ1n) is 9.07. The van der Waals surface area contributed by atoms with Crippen molar-refractivity contribution >= 4 is 66.8 Å². The molecule has 0 spiro atoms. The van der Waals surface area contributed by atoms with Gasteiger partial charge >= 0.3 is 7.48 Å². The van der Waals surface area contributed by atoms with Crippen LogP contribution in [0.15, 0.2) is 48.5 Å². The maximum atomic E-state index is 10.4. The maximum absolute atomic E-state index is 10.4. The predicted molar refractivity (Wildman–Crippen MR) is 120 cm³/mol. The van der Waals surface area contributed by atoms with Crippen LogP contribution in [-0.2, 0) is 4.65 Å². The van der Waals surface area contributed by atoms with Crippen LogP contribution >= 0.6 is 22.9 Å². The molecular formula is C22H22BClO2S. The molecular weight excluding hydrogens is 375 g/mol. The quantitative estimate of drug-likeness (QED) is 0.468. The number of hydrogen-bond donors (Lipinski definition) is 1. The van der Waals surface area contributed by atoms with Crippen molar-refractivity contribution in [1.82, 2.24) is 0 Å². The van der Waals surface area contributed by atoms with Crippen molar-refractivity contribution in [2.24, 2.45) is 0 Å². The second-order valence-corrected chi connectivity index (χ2v) is 9.48. The molecule has 0 radical (unpaired) electrons. The largest absolute Gasteiger partial charge is 0.427 e. The molecule has 1 N–H and O–H groups in total. The minimum atomic E-state index is -0.955. The first-order valence-corrected chi connectivity index (χ1v) is 10.3. The number of aliphatic hydroxyl groups is 1. The molecule has 0 aliphatic carbocycles. The summed E-state index contributed by atoms with van der Waals surface area (Å²) < 4.78 is 8.52. The molecule has 4 rings (SSSR count). The van der Waals surface area contributed by atoms with Crippen LogP contribution in [-0.4, -0.2) is 23.8 Å². The molecule has 0 unspecified atom stereocenters. The summed E-state index contributed by atoms with van der Waals surface area (Å²) in [6.07, 6.45) is 0. The number of halogens is 1. The van der Waals surface area contributed by atoms with E-state index in [4.69, 9.17) is 16.3 Å². The molecule has 27 heavy (non-hydrogen) atoms. The van der Waals surface area contributed by atoms with E-state index in [-0.39, 0.29) is 0 Å². The van der Waals surface area contributed by atoms with E-state index in [1.165, 1.54) is 26.2 Å². The molecule has 0 atom stereocenters. The number of benzene rings is 3. The van der Waals surface area contributed by atoms with E-state index in [0.29, 0.717) is 12.5 Å². The number of rotatable bonds is 4. The average molecular weight is 397 g/mol. The zero-order valence-corrected chi connectivity index (χ0v) is 17.5. The fourth-order valence-corrected chi connectivity index (χ4v) is 4.72. The highest BCUT2D eigenvalue weighted by Gasteiger charge is 2.36. The molecule has 2 nitrogen and oxygen atoms in total. The van der Waals surface area contributed by atoms with Crippen LogP contribution in [0.3, 0.4) is 0 Å². The molecule has 0 fully saturated rings. The first-order chi connectivity index (χ1) is 12.7. The summed E-state index contributed by atoms with van der Waals surface area (Å²) in [5.74, 6) is 0. The van der Waals surface area contributed by atoms with Crippen LogP contribution in [0, 0.1) is 0 Å². The van der Waals surface area contributed by atoms with Crippen molar-refractivity contribution in [1.29, 1.82) is 0 Å². The lowest BCUT2D eigenvalue weighted by Crippen LogP contribution is -2.49. The van der Waals surface area contributed by atoms with Gasteiger partial charge in [0.1, 0.15) is 0 Å². The highest BCUT2D eigenvalue weighted by molar-refractivity contribution is 7.27. The summed E-state index contributed by atoms with van der Waals surface area (Å²) in [7, 11) is 0.359. The smallest absolute Gasteiger partial charge is 0.312 e. The minimum absolute atomic E-state index is 0.359. The molecule has 4 aromatic rings. The number of thiophene rings is 1. The van der Waals surface area contributed by atoms with Crippen LogP contribution in [0.4, 0.5) is 0 Å². The van der Waals surface area contributed by atoms with E-state index >= 15 is 0 Å². The summed E-state index contributed by atoms with van der Waals surface area (Å²) in [6.45, 7) is 7.33. The molecule has 5 heteroatoms. The van der Waals surface area contributed by atoms with Gasteiger partial charge < -0.3 is 9.76 Å². The Labute approximate surface area is 169 Å². The normalized spacial score (nSPS) is 13.0. The van der Waals surface area contributed by atoms with E-state index in [9.17, 15) is 5.11 Å². The van der Waals surface area contributed by atoms with Gasteiger partial charge in [-0.2, -0.15) is 0 Å². The van der Waals surface area contributed by atoms with Crippen LogP contribution in [0.1, 0.15) is 27.7 Å². The molecule has 138 valence electrons. The molecule has 0 saturated heterocycles. The minimum Gasteiger partial charge on any atom is -0.427 e. The monoisotopic (exact) mass is 396 g/mol. The Balaban J connectivity index is 1.89. The van der Waals surface area contributed by atoms with Crippen LogP contribution in [0.2, 0.25) is 5.02 Å².